The van der Waals surface area contributed by atoms with Gasteiger partial charge in [0, 0.05) is 49.8 Å². The summed E-state index contributed by atoms with van der Waals surface area (Å²) in [7, 11) is 0. The summed E-state index contributed by atoms with van der Waals surface area (Å²) in [6, 6.07) is 8.68. The lowest BCUT2D eigenvalue weighted by Gasteiger charge is -2.25. The van der Waals surface area contributed by atoms with Crippen LogP contribution in [0.4, 0.5) is 0 Å². The molecule has 1 unspecified atom stereocenters. The van der Waals surface area contributed by atoms with Crippen LogP contribution in [0.3, 0.4) is 0 Å². The Kier molecular flexibility index (Phi) is 4.57. The van der Waals surface area contributed by atoms with Crippen LogP contribution in [0.2, 0.25) is 0 Å². The SMILES string of the molecule is Cc1cnc(C2CCCN2Cc2cccnc2)n1Cc1ccncc1. The predicted molar refractivity (Wildman–Crippen MR) is 96.9 cm³/mol. The van der Waals surface area contributed by atoms with Crippen LogP contribution in [0.25, 0.3) is 0 Å². The van der Waals surface area contributed by atoms with Crippen LogP contribution in [0, 0.1) is 6.92 Å². The molecule has 1 saturated heterocycles. The van der Waals surface area contributed by atoms with Crippen LogP contribution < -0.4 is 0 Å². The number of aryl methyl sites for hydroxylation is 1. The Morgan fingerprint density at radius 3 is 2.68 bits per heavy atom. The quantitative estimate of drug-likeness (QED) is 0.718. The summed E-state index contributed by atoms with van der Waals surface area (Å²) in [4.78, 5) is 15.7. The molecule has 1 aliphatic rings. The summed E-state index contributed by atoms with van der Waals surface area (Å²) >= 11 is 0. The number of hydrogen-bond donors (Lipinski definition) is 0. The molecule has 0 radical (unpaired) electrons. The highest BCUT2D eigenvalue weighted by Gasteiger charge is 2.30. The fourth-order valence-corrected chi connectivity index (χ4v) is 3.66. The molecule has 1 fully saturated rings. The van der Waals surface area contributed by atoms with Crippen molar-refractivity contribution in [3.05, 3.63) is 77.9 Å². The van der Waals surface area contributed by atoms with Gasteiger partial charge in [0.2, 0.25) is 0 Å². The molecule has 0 saturated carbocycles. The van der Waals surface area contributed by atoms with Crippen LogP contribution in [0.1, 0.15) is 41.5 Å². The van der Waals surface area contributed by atoms with Crippen LogP contribution in [-0.4, -0.2) is 31.0 Å². The van der Waals surface area contributed by atoms with Gasteiger partial charge in [-0.25, -0.2) is 4.98 Å². The molecule has 1 atom stereocenters. The van der Waals surface area contributed by atoms with Crippen molar-refractivity contribution in [2.75, 3.05) is 6.54 Å². The molecule has 3 aromatic heterocycles. The third kappa shape index (κ3) is 3.46. The monoisotopic (exact) mass is 333 g/mol. The molecular formula is C20H23N5. The molecule has 1 aliphatic heterocycles. The van der Waals surface area contributed by atoms with Crippen molar-refractivity contribution >= 4 is 0 Å². The standard InChI is InChI=1S/C20H23N5/c1-16-12-23-20(25(16)15-17-6-9-21-10-7-17)19-5-3-11-24(19)14-18-4-2-8-22-13-18/h2,4,6-10,12-13,19H,3,5,11,14-15H2,1H3. The van der Waals surface area contributed by atoms with Crippen LogP contribution in [0.5, 0.6) is 0 Å². The molecule has 0 N–H and O–H groups in total. The van der Waals surface area contributed by atoms with Gasteiger partial charge in [-0.1, -0.05) is 6.07 Å². The first-order valence-corrected chi connectivity index (χ1v) is 8.85. The molecule has 3 aromatic rings. The van der Waals surface area contributed by atoms with Crippen molar-refractivity contribution in [1.29, 1.82) is 0 Å². The van der Waals surface area contributed by atoms with Crippen molar-refractivity contribution in [3.63, 3.8) is 0 Å². The van der Waals surface area contributed by atoms with Gasteiger partial charge in [-0.15, -0.1) is 0 Å². The number of likely N-dealkylation sites (tertiary alicyclic amines) is 1. The van der Waals surface area contributed by atoms with E-state index in [1.54, 1.807) is 0 Å². The van der Waals surface area contributed by atoms with Gasteiger partial charge in [0.05, 0.1) is 6.04 Å². The Balaban J connectivity index is 1.58. The Labute approximate surface area is 148 Å². The second kappa shape index (κ2) is 7.15. The van der Waals surface area contributed by atoms with E-state index in [1.165, 1.54) is 29.1 Å². The molecule has 0 aromatic carbocycles. The Hall–Kier alpha value is -2.53. The van der Waals surface area contributed by atoms with Gasteiger partial charge in [0.25, 0.3) is 0 Å². The number of nitrogens with zero attached hydrogens (tertiary/aromatic N) is 5. The number of rotatable bonds is 5. The minimum absolute atomic E-state index is 0.371. The molecule has 5 heteroatoms. The van der Waals surface area contributed by atoms with E-state index >= 15 is 0 Å². The topological polar surface area (TPSA) is 46.8 Å². The smallest absolute Gasteiger partial charge is 0.126 e. The maximum atomic E-state index is 4.78. The Bertz CT molecular complexity index is 813. The van der Waals surface area contributed by atoms with E-state index in [0.29, 0.717) is 6.04 Å². The Morgan fingerprint density at radius 2 is 1.88 bits per heavy atom. The molecule has 4 rings (SSSR count). The first kappa shape index (κ1) is 16.0. The van der Waals surface area contributed by atoms with Crippen molar-refractivity contribution in [1.82, 2.24) is 24.4 Å². The van der Waals surface area contributed by atoms with Crippen molar-refractivity contribution in [3.8, 4) is 0 Å². The van der Waals surface area contributed by atoms with E-state index in [0.717, 1.165) is 26.1 Å². The van der Waals surface area contributed by atoms with E-state index in [4.69, 9.17) is 4.98 Å². The molecule has 0 aliphatic carbocycles. The number of imidazole rings is 1. The van der Waals surface area contributed by atoms with E-state index < -0.39 is 0 Å². The molecule has 0 bridgehead atoms. The molecule has 0 amide bonds. The highest BCUT2D eigenvalue weighted by atomic mass is 15.2. The fraction of sp³-hybridized carbons (Fsp3) is 0.350. The third-order valence-corrected chi connectivity index (χ3v) is 4.95. The second-order valence-electron chi connectivity index (χ2n) is 6.69. The van der Waals surface area contributed by atoms with Crippen LogP contribution in [0.15, 0.2) is 55.2 Å². The molecule has 0 spiro atoms. The molecule has 5 nitrogen and oxygen atoms in total. The summed E-state index contributed by atoms with van der Waals surface area (Å²) in [6.07, 6.45) is 11.9. The highest BCUT2D eigenvalue weighted by Crippen LogP contribution is 2.33. The van der Waals surface area contributed by atoms with E-state index in [9.17, 15) is 0 Å². The largest absolute Gasteiger partial charge is 0.327 e. The van der Waals surface area contributed by atoms with E-state index in [2.05, 4.69) is 44.6 Å². The highest BCUT2D eigenvalue weighted by molar-refractivity contribution is 5.17. The third-order valence-electron chi connectivity index (χ3n) is 4.95. The lowest BCUT2D eigenvalue weighted by Crippen LogP contribution is -2.25. The van der Waals surface area contributed by atoms with Gasteiger partial charge in [-0.05, 0) is 55.6 Å². The maximum Gasteiger partial charge on any atom is 0.126 e. The zero-order chi connectivity index (χ0) is 17.1. The molecular weight excluding hydrogens is 310 g/mol. The number of aromatic nitrogens is 4. The molecule has 4 heterocycles. The summed E-state index contributed by atoms with van der Waals surface area (Å²) in [5.74, 6) is 1.18. The fourth-order valence-electron chi connectivity index (χ4n) is 3.66. The van der Waals surface area contributed by atoms with Crippen molar-refractivity contribution in [2.24, 2.45) is 0 Å². The minimum Gasteiger partial charge on any atom is -0.327 e. The zero-order valence-corrected chi connectivity index (χ0v) is 14.5. The van der Waals surface area contributed by atoms with Gasteiger partial charge >= 0.3 is 0 Å². The van der Waals surface area contributed by atoms with Gasteiger partial charge in [-0.2, -0.15) is 0 Å². The van der Waals surface area contributed by atoms with Gasteiger partial charge in [0.15, 0.2) is 0 Å². The number of pyridine rings is 2. The van der Waals surface area contributed by atoms with E-state index in [1.807, 2.05) is 37.1 Å². The maximum absolute atomic E-state index is 4.78. The number of hydrogen-bond acceptors (Lipinski definition) is 4. The summed E-state index contributed by atoms with van der Waals surface area (Å²) in [5.41, 5.74) is 3.73. The van der Waals surface area contributed by atoms with E-state index in [-0.39, 0.29) is 0 Å². The van der Waals surface area contributed by atoms with Crippen LogP contribution >= 0.6 is 0 Å². The second-order valence-corrected chi connectivity index (χ2v) is 6.69. The average molecular weight is 333 g/mol. The Morgan fingerprint density at radius 1 is 1.00 bits per heavy atom. The molecule has 25 heavy (non-hydrogen) atoms. The first-order chi connectivity index (χ1) is 12.3. The lowest BCUT2D eigenvalue weighted by atomic mass is 10.1. The lowest BCUT2D eigenvalue weighted by molar-refractivity contribution is 0.235. The van der Waals surface area contributed by atoms with Crippen molar-refractivity contribution < 1.29 is 0 Å². The summed E-state index contributed by atoms with van der Waals surface area (Å²) in [5, 5.41) is 0. The minimum atomic E-state index is 0.371. The summed E-state index contributed by atoms with van der Waals surface area (Å²) < 4.78 is 2.35. The summed E-state index contributed by atoms with van der Waals surface area (Å²) in [6.45, 7) is 5.03. The van der Waals surface area contributed by atoms with Crippen molar-refractivity contribution in [2.45, 2.75) is 38.9 Å². The zero-order valence-electron chi connectivity index (χ0n) is 14.5. The molecule has 128 valence electrons. The first-order valence-electron chi connectivity index (χ1n) is 8.85. The normalized spacial score (nSPS) is 17.9. The van der Waals surface area contributed by atoms with Gasteiger partial charge < -0.3 is 4.57 Å². The van der Waals surface area contributed by atoms with Gasteiger partial charge in [0.1, 0.15) is 5.82 Å². The predicted octanol–water partition coefficient (Wildman–Crippen LogP) is 3.37. The van der Waals surface area contributed by atoms with Gasteiger partial charge in [-0.3, -0.25) is 14.9 Å². The average Bonchev–Trinajstić information content (AvgIpc) is 3.24. The van der Waals surface area contributed by atoms with Crippen LogP contribution in [-0.2, 0) is 13.1 Å².